The van der Waals surface area contributed by atoms with Crippen LogP contribution in [0.2, 0.25) is 5.02 Å². The van der Waals surface area contributed by atoms with E-state index in [-0.39, 0.29) is 22.3 Å². The lowest BCUT2D eigenvalue weighted by atomic mass is 10.2. The third kappa shape index (κ3) is 4.42. The Bertz CT molecular complexity index is 1330. The number of rotatable bonds is 5. The van der Waals surface area contributed by atoms with Gasteiger partial charge in [0, 0.05) is 49.6 Å². The molecule has 0 spiro atoms. The molecule has 1 saturated heterocycles. The number of carbonyl (C=O) groups excluding carboxylic acids is 1. The van der Waals surface area contributed by atoms with E-state index >= 15 is 0 Å². The molecule has 0 radical (unpaired) electrons. The van der Waals surface area contributed by atoms with Crippen molar-refractivity contribution in [1.29, 1.82) is 0 Å². The number of sulfonamides is 1. The van der Waals surface area contributed by atoms with E-state index in [0.717, 1.165) is 5.69 Å². The van der Waals surface area contributed by atoms with Crippen molar-refractivity contribution in [2.75, 3.05) is 43.2 Å². The number of para-hydroxylation sites is 1. The number of ether oxygens (including phenoxy) is 2. The van der Waals surface area contributed by atoms with Crippen molar-refractivity contribution in [1.82, 2.24) is 4.31 Å². The molecule has 5 rings (SSSR count). The number of anilines is 2. The number of hydrogen-bond acceptors (Lipinski definition) is 6. The summed E-state index contributed by atoms with van der Waals surface area (Å²) in [5.74, 6) is 0.501. The average Bonchev–Trinajstić information content (AvgIpc) is 3.32. The Labute approximate surface area is 202 Å². The van der Waals surface area contributed by atoms with Gasteiger partial charge in [-0.1, -0.05) is 35.9 Å². The van der Waals surface area contributed by atoms with Crippen LogP contribution in [0, 0.1) is 0 Å². The van der Waals surface area contributed by atoms with Crippen molar-refractivity contribution in [3.63, 3.8) is 0 Å². The molecule has 2 aliphatic rings. The van der Waals surface area contributed by atoms with Crippen molar-refractivity contribution in [2.24, 2.45) is 0 Å². The van der Waals surface area contributed by atoms with Crippen LogP contribution >= 0.6 is 11.6 Å². The van der Waals surface area contributed by atoms with E-state index in [1.54, 1.807) is 24.3 Å². The highest BCUT2D eigenvalue weighted by Gasteiger charge is 2.29. The lowest BCUT2D eigenvalue weighted by Gasteiger charge is -2.35. The van der Waals surface area contributed by atoms with Gasteiger partial charge in [-0.3, -0.25) is 4.79 Å². The Kier molecular flexibility index (Phi) is 6.07. The lowest BCUT2D eigenvalue weighted by Crippen LogP contribution is -2.48. The molecule has 0 aromatic heterocycles. The molecule has 2 aliphatic heterocycles. The zero-order chi connectivity index (χ0) is 23.7. The van der Waals surface area contributed by atoms with Gasteiger partial charge in [0.25, 0.3) is 5.91 Å². The number of halogens is 1. The predicted octanol–water partition coefficient (Wildman–Crippen LogP) is 3.83. The van der Waals surface area contributed by atoms with Crippen LogP contribution in [0.3, 0.4) is 0 Å². The monoisotopic (exact) mass is 499 g/mol. The second kappa shape index (κ2) is 9.17. The normalized spacial score (nSPS) is 15.9. The Hall–Kier alpha value is -3.27. The molecule has 3 aromatic carbocycles. The lowest BCUT2D eigenvalue weighted by molar-refractivity contribution is 0.102. The Morgan fingerprint density at radius 3 is 2.32 bits per heavy atom. The fourth-order valence-electron chi connectivity index (χ4n) is 3.98. The standard InChI is InChI=1S/C24H22ClN3O5S/c25-20-14-22-23(33-16-32-22)15-21(20)26-24(29)17-5-4-8-19(13-17)34(30,31)28-11-9-27(10-12-28)18-6-2-1-3-7-18/h1-8,13-15H,9-12,16H2,(H,26,29). The van der Waals surface area contributed by atoms with E-state index in [4.69, 9.17) is 21.1 Å². The van der Waals surface area contributed by atoms with Crippen molar-refractivity contribution in [3.8, 4) is 11.5 Å². The number of piperazine rings is 1. The van der Waals surface area contributed by atoms with Crippen LogP contribution in [0.15, 0.2) is 71.6 Å². The van der Waals surface area contributed by atoms with Gasteiger partial charge >= 0.3 is 0 Å². The van der Waals surface area contributed by atoms with Crippen molar-refractivity contribution >= 4 is 38.9 Å². The van der Waals surface area contributed by atoms with Crippen LogP contribution in [-0.2, 0) is 10.0 Å². The summed E-state index contributed by atoms with van der Waals surface area (Å²) in [6.07, 6.45) is 0. The van der Waals surface area contributed by atoms with Crippen LogP contribution in [0.25, 0.3) is 0 Å². The fraction of sp³-hybridized carbons (Fsp3) is 0.208. The number of amides is 1. The molecule has 0 saturated carbocycles. The zero-order valence-electron chi connectivity index (χ0n) is 18.1. The summed E-state index contributed by atoms with van der Waals surface area (Å²) in [5.41, 5.74) is 1.62. The topological polar surface area (TPSA) is 88.2 Å². The highest BCUT2D eigenvalue weighted by atomic mass is 35.5. The maximum absolute atomic E-state index is 13.3. The molecule has 0 unspecified atom stereocenters. The summed E-state index contributed by atoms with van der Waals surface area (Å²) < 4.78 is 38.6. The van der Waals surface area contributed by atoms with E-state index in [2.05, 4.69) is 10.2 Å². The average molecular weight is 500 g/mol. The van der Waals surface area contributed by atoms with E-state index in [1.807, 2.05) is 30.3 Å². The first-order valence-corrected chi connectivity index (χ1v) is 12.5. The van der Waals surface area contributed by atoms with Crippen molar-refractivity contribution < 1.29 is 22.7 Å². The van der Waals surface area contributed by atoms with E-state index in [0.29, 0.717) is 43.4 Å². The van der Waals surface area contributed by atoms with Gasteiger partial charge in [0.1, 0.15) is 0 Å². The molecule has 1 fully saturated rings. The number of benzene rings is 3. The molecule has 1 amide bonds. The number of nitrogens with zero attached hydrogens (tertiary/aromatic N) is 2. The van der Waals surface area contributed by atoms with Crippen LogP contribution in [0.1, 0.15) is 10.4 Å². The molecule has 1 N–H and O–H groups in total. The molecular weight excluding hydrogens is 478 g/mol. The van der Waals surface area contributed by atoms with Gasteiger partial charge in [-0.2, -0.15) is 4.31 Å². The van der Waals surface area contributed by atoms with Crippen molar-refractivity contribution in [3.05, 3.63) is 77.3 Å². The summed E-state index contributed by atoms with van der Waals surface area (Å²) in [7, 11) is -3.75. The van der Waals surface area contributed by atoms with Crippen molar-refractivity contribution in [2.45, 2.75) is 4.90 Å². The van der Waals surface area contributed by atoms with Gasteiger partial charge in [0.15, 0.2) is 11.5 Å². The summed E-state index contributed by atoms with van der Waals surface area (Å²) in [6.45, 7) is 1.99. The minimum atomic E-state index is -3.75. The van der Waals surface area contributed by atoms with E-state index in [9.17, 15) is 13.2 Å². The highest BCUT2D eigenvalue weighted by Crippen LogP contribution is 2.39. The molecule has 176 valence electrons. The molecule has 10 heteroatoms. The highest BCUT2D eigenvalue weighted by molar-refractivity contribution is 7.89. The molecule has 8 nitrogen and oxygen atoms in total. The molecular formula is C24H22ClN3O5S. The van der Waals surface area contributed by atoms with E-state index in [1.165, 1.54) is 16.4 Å². The molecule has 0 aliphatic carbocycles. The summed E-state index contributed by atoms with van der Waals surface area (Å²) in [4.78, 5) is 15.1. The van der Waals surface area contributed by atoms with Gasteiger partial charge in [0.2, 0.25) is 16.8 Å². The smallest absolute Gasteiger partial charge is 0.255 e. The summed E-state index contributed by atoms with van der Waals surface area (Å²) >= 11 is 6.24. The van der Waals surface area contributed by atoms with Gasteiger partial charge < -0.3 is 19.7 Å². The number of hydrogen-bond donors (Lipinski definition) is 1. The first-order chi connectivity index (χ1) is 16.4. The largest absolute Gasteiger partial charge is 0.454 e. The minimum absolute atomic E-state index is 0.0742. The Morgan fingerprint density at radius 2 is 1.59 bits per heavy atom. The van der Waals surface area contributed by atoms with Gasteiger partial charge in [-0.05, 0) is 30.3 Å². The number of carbonyl (C=O) groups is 1. The third-order valence-electron chi connectivity index (χ3n) is 5.80. The second-order valence-corrected chi connectivity index (χ2v) is 10.2. The van der Waals surface area contributed by atoms with E-state index < -0.39 is 15.9 Å². The first-order valence-electron chi connectivity index (χ1n) is 10.7. The fourth-order valence-corrected chi connectivity index (χ4v) is 5.65. The molecule has 3 aromatic rings. The Morgan fingerprint density at radius 1 is 0.882 bits per heavy atom. The Balaban J connectivity index is 1.30. The van der Waals surface area contributed by atoms with Gasteiger partial charge in [0.05, 0.1) is 15.6 Å². The summed E-state index contributed by atoms with van der Waals surface area (Å²) in [5, 5.41) is 3.01. The SMILES string of the molecule is O=C(Nc1cc2c(cc1Cl)OCO2)c1cccc(S(=O)(=O)N2CCN(c3ccccc3)CC2)c1. The maximum Gasteiger partial charge on any atom is 0.255 e. The van der Waals surface area contributed by atoms with Crippen LogP contribution < -0.4 is 19.7 Å². The number of nitrogens with one attached hydrogen (secondary N) is 1. The molecule has 34 heavy (non-hydrogen) atoms. The van der Waals surface area contributed by atoms with Gasteiger partial charge in [-0.15, -0.1) is 0 Å². The summed E-state index contributed by atoms with van der Waals surface area (Å²) in [6, 6.07) is 19.1. The molecule has 0 atom stereocenters. The van der Waals surface area contributed by atoms with Gasteiger partial charge in [-0.25, -0.2) is 8.42 Å². The predicted molar refractivity (Wildman–Crippen MR) is 129 cm³/mol. The molecule has 0 bridgehead atoms. The van der Waals surface area contributed by atoms with Crippen LogP contribution in [0.5, 0.6) is 11.5 Å². The third-order valence-corrected chi connectivity index (χ3v) is 8.01. The zero-order valence-corrected chi connectivity index (χ0v) is 19.7. The maximum atomic E-state index is 13.3. The minimum Gasteiger partial charge on any atom is -0.454 e. The second-order valence-electron chi connectivity index (χ2n) is 7.89. The van der Waals surface area contributed by atoms with Crippen LogP contribution in [0.4, 0.5) is 11.4 Å². The first kappa shape index (κ1) is 22.5. The number of fused-ring (bicyclic) bond motifs is 1. The quantitative estimate of drug-likeness (QED) is 0.574. The van der Waals surface area contributed by atoms with Crippen LogP contribution in [-0.4, -0.2) is 51.6 Å². The molecule has 2 heterocycles.